The van der Waals surface area contributed by atoms with Gasteiger partial charge in [-0.2, -0.15) is 0 Å². The summed E-state index contributed by atoms with van der Waals surface area (Å²) < 4.78 is 13.6. The van der Waals surface area contributed by atoms with E-state index in [-0.39, 0.29) is 5.91 Å². The van der Waals surface area contributed by atoms with Crippen LogP contribution in [0, 0.1) is 23.1 Å². The molecule has 0 aromatic heterocycles. The molecule has 6 heteroatoms. The van der Waals surface area contributed by atoms with Crippen molar-refractivity contribution in [2.75, 3.05) is 5.32 Å². The van der Waals surface area contributed by atoms with Crippen LogP contribution in [0.1, 0.15) is 13.8 Å². The van der Waals surface area contributed by atoms with Crippen LogP contribution in [0.4, 0.5) is 10.1 Å². The smallest absolute Gasteiger partial charge is 0.307 e. The maximum Gasteiger partial charge on any atom is 0.307 e. The molecule has 2 N–H and O–H groups in total. The van der Waals surface area contributed by atoms with Gasteiger partial charge in [0.25, 0.3) is 0 Å². The van der Waals surface area contributed by atoms with Crippen LogP contribution in [-0.4, -0.2) is 17.0 Å². The van der Waals surface area contributed by atoms with Gasteiger partial charge in [-0.15, -0.1) is 0 Å². The molecule has 4 nitrogen and oxygen atoms in total. The van der Waals surface area contributed by atoms with Gasteiger partial charge in [0.05, 0.1) is 16.3 Å². The predicted molar refractivity (Wildman–Crippen MR) is 71.1 cm³/mol. The molecule has 2 rings (SSSR count). The lowest BCUT2D eigenvalue weighted by Crippen LogP contribution is -2.17. The fourth-order valence-corrected chi connectivity index (χ4v) is 2.63. The van der Waals surface area contributed by atoms with Crippen molar-refractivity contribution in [3.63, 3.8) is 0 Å². The van der Waals surface area contributed by atoms with E-state index in [4.69, 9.17) is 5.11 Å². The van der Waals surface area contributed by atoms with Gasteiger partial charge in [0.1, 0.15) is 5.82 Å². The Hall–Kier alpha value is -1.43. The van der Waals surface area contributed by atoms with E-state index in [0.29, 0.717) is 10.2 Å². The van der Waals surface area contributed by atoms with E-state index >= 15 is 0 Å². The molecule has 0 spiro atoms. The van der Waals surface area contributed by atoms with Gasteiger partial charge in [-0.1, -0.05) is 13.8 Å². The number of carboxylic acid groups (broad SMARTS) is 1. The van der Waals surface area contributed by atoms with Crippen molar-refractivity contribution in [2.45, 2.75) is 13.8 Å². The van der Waals surface area contributed by atoms with Crippen LogP contribution in [0.15, 0.2) is 22.7 Å². The highest BCUT2D eigenvalue weighted by Crippen LogP contribution is 2.58. The number of hydrogen-bond acceptors (Lipinski definition) is 2. The molecule has 1 amide bonds. The van der Waals surface area contributed by atoms with E-state index in [1.165, 1.54) is 12.1 Å². The van der Waals surface area contributed by atoms with E-state index in [1.807, 2.05) is 0 Å². The van der Waals surface area contributed by atoms with Gasteiger partial charge in [-0.05, 0) is 39.5 Å². The zero-order chi connectivity index (χ0) is 14.4. The zero-order valence-electron chi connectivity index (χ0n) is 10.4. The third-order valence-corrected chi connectivity index (χ3v) is 4.21. The van der Waals surface area contributed by atoms with Crippen LogP contribution in [0.5, 0.6) is 0 Å². The minimum Gasteiger partial charge on any atom is -0.481 e. The molecule has 2 atom stereocenters. The van der Waals surface area contributed by atoms with Crippen molar-refractivity contribution in [1.82, 2.24) is 0 Å². The minimum atomic E-state index is -0.980. The second-order valence-corrected chi connectivity index (χ2v) is 6.09. The Morgan fingerprint density at radius 1 is 1.37 bits per heavy atom. The van der Waals surface area contributed by atoms with Crippen LogP contribution in [0.3, 0.4) is 0 Å². The molecule has 19 heavy (non-hydrogen) atoms. The van der Waals surface area contributed by atoms with Gasteiger partial charge >= 0.3 is 5.97 Å². The fourth-order valence-electron chi connectivity index (χ4n) is 2.38. The van der Waals surface area contributed by atoms with Crippen LogP contribution in [0.2, 0.25) is 0 Å². The third kappa shape index (κ3) is 2.49. The summed E-state index contributed by atoms with van der Waals surface area (Å²) in [7, 11) is 0. The quantitative estimate of drug-likeness (QED) is 0.896. The van der Waals surface area contributed by atoms with Crippen molar-refractivity contribution >= 4 is 33.5 Å². The number of hydrogen-bond donors (Lipinski definition) is 2. The summed E-state index contributed by atoms with van der Waals surface area (Å²) in [4.78, 5) is 23.0. The Morgan fingerprint density at radius 3 is 2.47 bits per heavy atom. The Morgan fingerprint density at radius 2 is 2.00 bits per heavy atom. The molecule has 102 valence electrons. The first-order valence-corrected chi connectivity index (χ1v) is 6.53. The first kappa shape index (κ1) is 14.0. The molecular weight excluding hydrogens is 317 g/mol. The van der Waals surface area contributed by atoms with Crippen LogP contribution >= 0.6 is 15.9 Å². The average Bonchev–Trinajstić information content (AvgIpc) is 2.87. The van der Waals surface area contributed by atoms with Gasteiger partial charge in [-0.3, -0.25) is 9.59 Å². The average molecular weight is 330 g/mol. The molecule has 0 bridgehead atoms. The number of benzene rings is 1. The first-order valence-electron chi connectivity index (χ1n) is 5.74. The van der Waals surface area contributed by atoms with Crippen molar-refractivity contribution < 1.29 is 19.1 Å². The molecule has 0 radical (unpaired) electrons. The van der Waals surface area contributed by atoms with E-state index in [1.54, 1.807) is 19.9 Å². The number of carbonyl (C=O) groups is 2. The molecule has 1 fully saturated rings. The summed E-state index contributed by atoms with van der Waals surface area (Å²) in [6, 6.07) is 4.22. The molecule has 0 saturated heterocycles. The minimum absolute atomic E-state index is 0.306. The van der Waals surface area contributed by atoms with Gasteiger partial charge in [0, 0.05) is 5.69 Å². The zero-order valence-corrected chi connectivity index (χ0v) is 12.0. The highest BCUT2D eigenvalue weighted by atomic mass is 79.9. The summed E-state index contributed by atoms with van der Waals surface area (Å²) in [6.07, 6.45) is 0. The second-order valence-electron chi connectivity index (χ2n) is 5.23. The number of amides is 1. The van der Waals surface area contributed by atoms with Crippen LogP contribution in [0.25, 0.3) is 0 Å². The van der Waals surface area contributed by atoms with E-state index in [2.05, 4.69) is 21.2 Å². The summed E-state index contributed by atoms with van der Waals surface area (Å²) in [5.41, 5.74) is -0.248. The largest absolute Gasteiger partial charge is 0.481 e. The number of anilines is 1. The molecular formula is C13H13BrFNO3. The Bertz CT molecular complexity index is 559. The molecule has 0 heterocycles. The molecule has 0 aliphatic heterocycles. The van der Waals surface area contributed by atoms with Gasteiger partial charge in [-0.25, -0.2) is 4.39 Å². The number of nitrogens with one attached hydrogen (secondary N) is 1. The Labute approximate surface area is 118 Å². The summed E-state index contributed by atoms with van der Waals surface area (Å²) >= 11 is 3.02. The molecule has 1 aromatic carbocycles. The van der Waals surface area contributed by atoms with Crippen molar-refractivity contribution in [1.29, 1.82) is 0 Å². The van der Waals surface area contributed by atoms with Crippen LogP contribution in [-0.2, 0) is 9.59 Å². The number of rotatable bonds is 3. The van der Waals surface area contributed by atoms with Gasteiger partial charge in [0.15, 0.2) is 0 Å². The first-order chi connectivity index (χ1) is 8.75. The van der Waals surface area contributed by atoms with Gasteiger partial charge < -0.3 is 10.4 Å². The second kappa shape index (κ2) is 4.59. The highest BCUT2D eigenvalue weighted by Gasteiger charge is 2.65. The fraction of sp³-hybridized carbons (Fsp3) is 0.385. The van der Waals surface area contributed by atoms with Gasteiger partial charge in [0.2, 0.25) is 5.91 Å². The van der Waals surface area contributed by atoms with Crippen molar-refractivity contribution in [3.8, 4) is 0 Å². The van der Waals surface area contributed by atoms with Crippen molar-refractivity contribution in [2.24, 2.45) is 17.3 Å². The molecule has 1 aliphatic carbocycles. The van der Waals surface area contributed by atoms with E-state index in [0.717, 1.165) is 0 Å². The normalized spacial score (nSPS) is 23.8. The number of carbonyl (C=O) groups excluding carboxylic acids is 1. The Balaban J connectivity index is 2.10. The molecule has 1 aliphatic rings. The van der Waals surface area contributed by atoms with E-state index < -0.39 is 29.0 Å². The Kier molecular flexibility index (Phi) is 3.38. The lowest BCUT2D eigenvalue weighted by atomic mass is 10.1. The predicted octanol–water partition coefficient (Wildman–Crippen LogP) is 2.88. The lowest BCUT2D eigenvalue weighted by molar-refractivity contribution is -0.140. The SMILES string of the molecule is CC1(C)[C@H](C(=O)O)[C@@H]1C(=O)Nc1ccc(Br)c(F)c1. The summed E-state index contributed by atoms with van der Waals surface area (Å²) in [5.74, 6) is -3.13. The molecule has 1 saturated carbocycles. The number of aliphatic carboxylic acids is 1. The maximum absolute atomic E-state index is 13.3. The molecule has 0 unspecified atom stereocenters. The standard InChI is InChI=1S/C13H13BrFNO3/c1-13(2)9(10(13)12(18)19)11(17)16-6-3-4-7(14)8(15)5-6/h3-5,9-10H,1-2H3,(H,16,17)(H,18,19)/t9-,10+/m1/s1. The number of halogens is 2. The van der Waals surface area contributed by atoms with Crippen molar-refractivity contribution in [3.05, 3.63) is 28.5 Å². The highest BCUT2D eigenvalue weighted by molar-refractivity contribution is 9.10. The summed E-state index contributed by atoms with van der Waals surface area (Å²) in [6.45, 7) is 3.47. The third-order valence-electron chi connectivity index (χ3n) is 3.56. The van der Waals surface area contributed by atoms with Crippen LogP contribution < -0.4 is 5.32 Å². The maximum atomic E-state index is 13.3. The lowest BCUT2D eigenvalue weighted by Gasteiger charge is -2.06. The number of carboxylic acids is 1. The molecule has 1 aromatic rings. The van der Waals surface area contributed by atoms with E-state index in [9.17, 15) is 14.0 Å². The summed E-state index contributed by atoms with van der Waals surface area (Å²) in [5, 5.41) is 11.6. The topological polar surface area (TPSA) is 66.4 Å². The monoisotopic (exact) mass is 329 g/mol.